The van der Waals surface area contributed by atoms with Crippen molar-refractivity contribution in [3.63, 3.8) is 0 Å². The topological polar surface area (TPSA) is 70.1 Å². The van der Waals surface area contributed by atoms with E-state index >= 15 is 0 Å². The van der Waals surface area contributed by atoms with E-state index in [0.717, 1.165) is 17.1 Å². The first-order valence-corrected chi connectivity index (χ1v) is 7.15. The molecule has 0 aliphatic rings. The van der Waals surface area contributed by atoms with Gasteiger partial charge in [-0.2, -0.15) is 0 Å². The highest BCUT2D eigenvalue weighted by atomic mass is 35.5. The van der Waals surface area contributed by atoms with E-state index in [-0.39, 0.29) is 0 Å². The van der Waals surface area contributed by atoms with E-state index in [9.17, 15) is 5.11 Å². The molecule has 0 amide bonds. The molecule has 1 atom stereocenters. The van der Waals surface area contributed by atoms with Gasteiger partial charge in [-0.05, 0) is 32.0 Å². The van der Waals surface area contributed by atoms with Crippen molar-refractivity contribution in [2.45, 2.75) is 20.0 Å². The summed E-state index contributed by atoms with van der Waals surface area (Å²) in [6.45, 7) is 4.58. The summed E-state index contributed by atoms with van der Waals surface area (Å²) in [6, 6.07) is 9.33. The second-order valence-corrected chi connectivity index (χ2v) is 5.28. The molecule has 112 valence electrons. The van der Waals surface area contributed by atoms with Gasteiger partial charge < -0.3 is 15.7 Å². The highest BCUT2D eigenvalue weighted by molar-refractivity contribution is 6.33. The average molecular weight is 307 g/mol. The van der Waals surface area contributed by atoms with Crippen LogP contribution in [0.4, 0.5) is 11.6 Å². The van der Waals surface area contributed by atoms with Crippen molar-refractivity contribution in [2.75, 3.05) is 23.7 Å². The van der Waals surface area contributed by atoms with Gasteiger partial charge in [-0.3, -0.25) is 0 Å². The maximum atomic E-state index is 9.98. The number of hydrogen-bond donors (Lipinski definition) is 3. The fourth-order valence-corrected chi connectivity index (χ4v) is 2.12. The van der Waals surface area contributed by atoms with E-state index in [0.29, 0.717) is 24.1 Å². The number of aliphatic hydroxyl groups is 1. The number of anilines is 2. The van der Waals surface area contributed by atoms with Gasteiger partial charge >= 0.3 is 0 Å². The van der Waals surface area contributed by atoms with Crippen molar-refractivity contribution in [3.8, 4) is 0 Å². The van der Waals surface area contributed by atoms with Gasteiger partial charge in [0.05, 0.1) is 16.8 Å². The van der Waals surface area contributed by atoms with Crippen molar-refractivity contribution in [3.05, 3.63) is 46.7 Å². The molecule has 21 heavy (non-hydrogen) atoms. The average Bonchev–Trinajstić information content (AvgIpc) is 2.43. The zero-order valence-electron chi connectivity index (χ0n) is 12.1. The zero-order valence-corrected chi connectivity index (χ0v) is 12.9. The van der Waals surface area contributed by atoms with Crippen molar-refractivity contribution in [1.29, 1.82) is 0 Å². The number of nitrogens with zero attached hydrogens (tertiary/aromatic N) is 2. The molecule has 6 heteroatoms. The molecule has 0 unspecified atom stereocenters. The zero-order chi connectivity index (χ0) is 15.2. The Morgan fingerprint density at radius 3 is 2.38 bits per heavy atom. The Labute approximate surface area is 129 Å². The smallest absolute Gasteiger partial charge is 0.223 e. The summed E-state index contributed by atoms with van der Waals surface area (Å²) in [5.41, 5.74) is 2.60. The lowest BCUT2D eigenvalue weighted by molar-refractivity contribution is 0.200. The quantitative estimate of drug-likeness (QED) is 0.765. The van der Waals surface area contributed by atoms with Crippen LogP contribution < -0.4 is 10.6 Å². The van der Waals surface area contributed by atoms with Gasteiger partial charge in [0.1, 0.15) is 0 Å². The number of aliphatic hydroxyl groups excluding tert-OH is 1. The number of para-hydroxylation sites is 1. The Morgan fingerprint density at radius 1 is 1.10 bits per heavy atom. The molecule has 3 N–H and O–H groups in total. The predicted octanol–water partition coefficient (Wildman–Crippen LogP) is 2.63. The van der Waals surface area contributed by atoms with Crippen LogP contribution in [0.3, 0.4) is 0 Å². The Hall–Kier alpha value is -1.85. The fourth-order valence-electron chi connectivity index (χ4n) is 1.92. The van der Waals surface area contributed by atoms with E-state index in [1.165, 1.54) is 0 Å². The van der Waals surface area contributed by atoms with Crippen LogP contribution in [-0.2, 0) is 0 Å². The van der Waals surface area contributed by atoms with Crippen LogP contribution in [0.15, 0.2) is 30.3 Å². The summed E-state index contributed by atoms with van der Waals surface area (Å²) in [5.74, 6) is 0.532. The Kier molecular flexibility index (Phi) is 5.36. The first-order valence-electron chi connectivity index (χ1n) is 6.77. The summed E-state index contributed by atoms with van der Waals surface area (Å²) in [7, 11) is 0. The second-order valence-electron chi connectivity index (χ2n) is 4.87. The number of benzene rings is 1. The molecule has 1 aromatic carbocycles. The van der Waals surface area contributed by atoms with Gasteiger partial charge in [-0.1, -0.05) is 23.7 Å². The van der Waals surface area contributed by atoms with Crippen molar-refractivity contribution < 1.29 is 5.11 Å². The Bertz CT molecular complexity index is 586. The lowest BCUT2D eigenvalue weighted by atomic mass is 10.3. The van der Waals surface area contributed by atoms with Crippen molar-refractivity contribution >= 4 is 23.2 Å². The first kappa shape index (κ1) is 15.5. The second kappa shape index (κ2) is 7.24. The fraction of sp³-hybridized carbons (Fsp3) is 0.333. The van der Waals surface area contributed by atoms with Crippen LogP contribution in [0.25, 0.3) is 0 Å². The normalized spacial score (nSPS) is 12.0. The van der Waals surface area contributed by atoms with Crippen LogP contribution in [0.5, 0.6) is 0 Å². The largest absolute Gasteiger partial charge is 0.389 e. The molecule has 2 aromatic rings. The molecule has 0 aliphatic heterocycles. The van der Waals surface area contributed by atoms with E-state index in [4.69, 9.17) is 11.6 Å². The first-order chi connectivity index (χ1) is 10.0. The number of rotatable bonds is 6. The molecule has 5 nitrogen and oxygen atoms in total. The summed E-state index contributed by atoms with van der Waals surface area (Å²) in [6.07, 6.45) is -0.578. The lowest BCUT2D eigenvalue weighted by Gasteiger charge is -2.14. The molecule has 1 heterocycles. The molecule has 0 fully saturated rings. The van der Waals surface area contributed by atoms with Gasteiger partial charge in [0.15, 0.2) is 0 Å². The molecule has 0 radical (unpaired) electrons. The maximum Gasteiger partial charge on any atom is 0.223 e. The number of hydrogen-bond acceptors (Lipinski definition) is 5. The number of aryl methyl sites for hydroxylation is 2. The molecule has 0 saturated carbocycles. The Balaban J connectivity index is 1.82. The predicted molar refractivity (Wildman–Crippen MR) is 85.9 cm³/mol. The van der Waals surface area contributed by atoms with Crippen molar-refractivity contribution in [1.82, 2.24) is 9.97 Å². The molecular formula is C15H19ClN4O. The number of nitrogens with one attached hydrogen (secondary N) is 2. The highest BCUT2D eigenvalue weighted by Gasteiger charge is 2.07. The van der Waals surface area contributed by atoms with Gasteiger partial charge in [0, 0.05) is 24.5 Å². The monoisotopic (exact) mass is 306 g/mol. The van der Waals surface area contributed by atoms with Gasteiger partial charge in [-0.15, -0.1) is 0 Å². The summed E-state index contributed by atoms with van der Waals surface area (Å²) in [4.78, 5) is 8.53. The SMILES string of the molecule is Cc1cc(C)nc(NC[C@H](O)CNc2ccccc2Cl)n1. The van der Waals surface area contributed by atoms with Gasteiger partial charge in [0.2, 0.25) is 5.95 Å². The standard InChI is InChI=1S/C15H19ClN4O/c1-10-7-11(2)20-15(19-10)18-9-12(21)8-17-14-6-4-3-5-13(14)16/h3-7,12,17,21H,8-9H2,1-2H3,(H,18,19,20)/t12-/m1/s1. The van der Waals surface area contributed by atoms with Crippen LogP contribution in [0, 0.1) is 13.8 Å². The van der Waals surface area contributed by atoms with Gasteiger partial charge in [0.25, 0.3) is 0 Å². The third kappa shape index (κ3) is 4.88. The third-order valence-electron chi connectivity index (χ3n) is 2.88. The van der Waals surface area contributed by atoms with E-state index in [2.05, 4.69) is 20.6 Å². The molecule has 2 rings (SSSR count). The van der Waals surface area contributed by atoms with E-state index in [1.54, 1.807) is 6.07 Å². The highest BCUT2D eigenvalue weighted by Crippen LogP contribution is 2.20. The maximum absolute atomic E-state index is 9.98. The molecule has 0 saturated heterocycles. The molecule has 1 aromatic heterocycles. The number of aromatic nitrogens is 2. The van der Waals surface area contributed by atoms with E-state index < -0.39 is 6.10 Å². The van der Waals surface area contributed by atoms with E-state index in [1.807, 2.05) is 38.1 Å². The van der Waals surface area contributed by atoms with Crippen molar-refractivity contribution in [2.24, 2.45) is 0 Å². The summed E-state index contributed by atoms with van der Waals surface area (Å²) < 4.78 is 0. The minimum Gasteiger partial charge on any atom is -0.389 e. The lowest BCUT2D eigenvalue weighted by Crippen LogP contribution is -2.28. The summed E-state index contributed by atoms with van der Waals surface area (Å²) >= 11 is 6.04. The summed E-state index contributed by atoms with van der Waals surface area (Å²) in [5, 5.41) is 16.8. The molecule has 0 bridgehead atoms. The molecule has 0 spiro atoms. The van der Waals surface area contributed by atoms with Crippen LogP contribution in [0.1, 0.15) is 11.4 Å². The third-order valence-corrected chi connectivity index (χ3v) is 3.21. The van der Waals surface area contributed by atoms with Crippen LogP contribution in [0.2, 0.25) is 5.02 Å². The minimum absolute atomic E-state index is 0.361. The van der Waals surface area contributed by atoms with Gasteiger partial charge in [-0.25, -0.2) is 9.97 Å². The Morgan fingerprint density at radius 2 is 1.71 bits per heavy atom. The minimum atomic E-state index is -0.578. The molecule has 0 aliphatic carbocycles. The van der Waals surface area contributed by atoms with Crippen LogP contribution in [-0.4, -0.2) is 34.3 Å². The van der Waals surface area contributed by atoms with Crippen LogP contribution >= 0.6 is 11.6 Å². The number of halogens is 1. The molecular weight excluding hydrogens is 288 g/mol.